The number of carbonyl (C=O) groups is 2. The molecule has 2 fully saturated rings. The average molecular weight is 447 g/mol. The molecule has 0 aromatic heterocycles. The van der Waals surface area contributed by atoms with Crippen molar-refractivity contribution in [2.24, 2.45) is 0 Å². The summed E-state index contributed by atoms with van der Waals surface area (Å²) in [5.74, 6) is 0.0598. The molecule has 1 N–H and O–H groups in total. The number of benzene rings is 1. The van der Waals surface area contributed by atoms with Crippen molar-refractivity contribution in [3.05, 3.63) is 40.3 Å². The maximum atomic E-state index is 12.7. The minimum Gasteiger partial charge on any atom is -0.304 e. The third kappa shape index (κ3) is 6.63. The van der Waals surface area contributed by atoms with Gasteiger partial charge in [-0.3, -0.25) is 19.9 Å². The van der Waals surface area contributed by atoms with E-state index in [4.69, 9.17) is 12.2 Å². The van der Waals surface area contributed by atoms with Gasteiger partial charge in [0.2, 0.25) is 5.91 Å². The van der Waals surface area contributed by atoms with Crippen LogP contribution in [0, 0.1) is 6.92 Å². The summed E-state index contributed by atoms with van der Waals surface area (Å²) in [7, 11) is 2.09. The third-order valence-corrected chi connectivity index (χ3v) is 6.70. The number of nitrogens with one attached hydrogen (secondary N) is 1. The minimum absolute atomic E-state index is 0.0154. The fraction of sp³-hybridized carbons (Fsp3) is 0.500. The Morgan fingerprint density at radius 1 is 1.13 bits per heavy atom. The van der Waals surface area contributed by atoms with E-state index >= 15 is 0 Å². The van der Waals surface area contributed by atoms with Gasteiger partial charge in [-0.1, -0.05) is 60.2 Å². The second kappa shape index (κ2) is 11.0. The summed E-state index contributed by atoms with van der Waals surface area (Å²) in [6.45, 7) is 6.33. The lowest BCUT2D eigenvalue weighted by atomic mass is 10.1. The Balaban J connectivity index is 1.36. The maximum Gasteiger partial charge on any atom is 0.266 e. The number of hydrazine groups is 1. The quantitative estimate of drug-likeness (QED) is 0.376. The van der Waals surface area contributed by atoms with Gasteiger partial charge in [-0.2, -0.15) is 0 Å². The second-order valence-corrected chi connectivity index (χ2v) is 9.56. The molecule has 6 nitrogen and oxygen atoms in total. The monoisotopic (exact) mass is 446 g/mol. The molecule has 3 rings (SSSR count). The normalized spacial score (nSPS) is 19.7. The number of likely N-dealkylation sites (N-methyl/N-ethyl adjacent to an activating group) is 1. The standard InChI is InChI=1S/C22H30N4O2S2/c1-17-7-9-18(10-8-17)16-19-21(28)26(22(29)30-19)11-5-3-4-6-20(27)23-25-14-12-24(2)13-15-25/h7-10,16H,3-6,11-15H2,1-2H3,(H,23,27). The van der Waals surface area contributed by atoms with E-state index in [1.54, 1.807) is 4.90 Å². The van der Waals surface area contributed by atoms with Crippen molar-refractivity contribution in [2.45, 2.75) is 32.6 Å². The lowest BCUT2D eigenvalue weighted by Crippen LogP contribution is -2.52. The number of rotatable bonds is 8. The van der Waals surface area contributed by atoms with Gasteiger partial charge in [-0.25, -0.2) is 5.01 Å². The lowest BCUT2D eigenvalue weighted by molar-refractivity contribution is -0.127. The van der Waals surface area contributed by atoms with Gasteiger partial charge in [0.05, 0.1) is 4.91 Å². The van der Waals surface area contributed by atoms with Crippen LogP contribution < -0.4 is 5.43 Å². The van der Waals surface area contributed by atoms with Crippen molar-refractivity contribution in [3.8, 4) is 0 Å². The van der Waals surface area contributed by atoms with E-state index in [0.717, 1.165) is 51.0 Å². The van der Waals surface area contributed by atoms with Crippen molar-refractivity contribution in [1.82, 2.24) is 20.2 Å². The van der Waals surface area contributed by atoms with Crippen LogP contribution in [-0.2, 0) is 9.59 Å². The molecule has 1 aromatic rings. The largest absolute Gasteiger partial charge is 0.304 e. The van der Waals surface area contributed by atoms with E-state index in [2.05, 4.69) is 17.4 Å². The molecule has 0 saturated carbocycles. The molecule has 0 bridgehead atoms. The fourth-order valence-electron chi connectivity index (χ4n) is 3.39. The van der Waals surface area contributed by atoms with Crippen LogP contribution in [0.1, 0.15) is 36.8 Å². The number of thiocarbonyl (C=S) groups is 1. The van der Waals surface area contributed by atoms with Crippen LogP contribution in [0.5, 0.6) is 0 Å². The van der Waals surface area contributed by atoms with Gasteiger partial charge in [-0.15, -0.1) is 0 Å². The lowest BCUT2D eigenvalue weighted by Gasteiger charge is -2.32. The highest BCUT2D eigenvalue weighted by atomic mass is 32.2. The average Bonchev–Trinajstić information content (AvgIpc) is 2.98. The van der Waals surface area contributed by atoms with Crippen LogP contribution in [0.15, 0.2) is 29.2 Å². The maximum absolute atomic E-state index is 12.7. The van der Waals surface area contributed by atoms with Gasteiger partial charge in [0.25, 0.3) is 5.91 Å². The molecular formula is C22H30N4O2S2. The van der Waals surface area contributed by atoms with Crippen LogP contribution in [0.3, 0.4) is 0 Å². The van der Waals surface area contributed by atoms with Crippen molar-refractivity contribution in [3.63, 3.8) is 0 Å². The SMILES string of the molecule is Cc1ccc(C=C2SC(=S)N(CCCCCC(=O)NN3CCN(C)CC3)C2=O)cc1. The topological polar surface area (TPSA) is 55.9 Å². The Morgan fingerprint density at radius 3 is 2.53 bits per heavy atom. The van der Waals surface area contributed by atoms with Crippen molar-refractivity contribution in [2.75, 3.05) is 39.8 Å². The van der Waals surface area contributed by atoms with E-state index < -0.39 is 0 Å². The zero-order chi connectivity index (χ0) is 21.5. The molecule has 1 aromatic carbocycles. The van der Waals surface area contributed by atoms with Crippen LogP contribution in [0.4, 0.5) is 0 Å². The third-order valence-electron chi connectivity index (χ3n) is 5.32. The predicted octanol–water partition coefficient (Wildman–Crippen LogP) is 3.04. The Morgan fingerprint density at radius 2 is 1.83 bits per heavy atom. The van der Waals surface area contributed by atoms with E-state index in [0.29, 0.717) is 22.2 Å². The highest BCUT2D eigenvalue weighted by Gasteiger charge is 2.31. The molecule has 0 radical (unpaired) electrons. The summed E-state index contributed by atoms with van der Waals surface area (Å²) in [6.07, 6.45) is 4.96. The number of piperazine rings is 1. The summed E-state index contributed by atoms with van der Waals surface area (Å²) in [5.41, 5.74) is 5.19. The Hall–Kier alpha value is -1.74. The molecule has 2 amide bonds. The first-order chi connectivity index (χ1) is 14.4. The zero-order valence-corrected chi connectivity index (χ0v) is 19.4. The van der Waals surface area contributed by atoms with Gasteiger partial charge >= 0.3 is 0 Å². The first-order valence-electron chi connectivity index (χ1n) is 10.5. The molecule has 0 aliphatic carbocycles. The molecule has 0 unspecified atom stereocenters. The van der Waals surface area contributed by atoms with Gasteiger partial charge in [-0.05, 0) is 38.5 Å². The molecule has 8 heteroatoms. The molecule has 162 valence electrons. The van der Waals surface area contributed by atoms with E-state index in [9.17, 15) is 9.59 Å². The Kier molecular flexibility index (Phi) is 8.44. The molecule has 2 aliphatic rings. The van der Waals surface area contributed by atoms with Crippen molar-refractivity contribution >= 4 is 46.2 Å². The zero-order valence-electron chi connectivity index (χ0n) is 17.7. The van der Waals surface area contributed by atoms with Gasteiger partial charge in [0.1, 0.15) is 4.32 Å². The highest BCUT2D eigenvalue weighted by molar-refractivity contribution is 8.26. The molecule has 2 heterocycles. The summed E-state index contributed by atoms with van der Waals surface area (Å²) in [4.78, 5) is 29.4. The summed E-state index contributed by atoms with van der Waals surface area (Å²) in [5, 5.41) is 2.00. The fourth-order valence-corrected chi connectivity index (χ4v) is 4.70. The van der Waals surface area contributed by atoms with Crippen molar-refractivity contribution in [1.29, 1.82) is 0 Å². The summed E-state index contributed by atoms with van der Waals surface area (Å²) >= 11 is 6.77. The van der Waals surface area contributed by atoms with E-state index in [1.165, 1.54) is 17.3 Å². The number of amides is 2. The van der Waals surface area contributed by atoms with Crippen LogP contribution in [0.25, 0.3) is 6.08 Å². The van der Waals surface area contributed by atoms with Crippen LogP contribution in [0.2, 0.25) is 0 Å². The number of hydrogen-bond acceptors (Lipinski definition) is 6. The van der Waals surface area contributed by atoms with Crippen molar-refractivity contribution < 1.29 is 9.59 Å². The summed E-state index contributed by atoms with van der Waals surface area (Å²) < 4.78 is 0.617. The van der Waals surface area contributed by atoms with Crippen LogP contribution in [-0.4, -0.2) is 70.7 Å². The molecular weight excluding hydrogens is 416 g/mol. The number of hydrogen-bond donors (Lipinski definition) is 1. The number of nitrogens with zero attached hydrogens (tertiary/aromatic N) is 3. The highest BCUT2D eigenvalue weighted by Crippen LogP contribution is 2.32. The predicted molar refractivity (Wildman–Crippen MR) is 127 cm³/mol. The van der Waals surface area contributed by atoms with Gasteiger partial charge in [0.15, 0.2) is 0 Å². The van der Waals surface area contributed by atoms with E-state index in [-0.39, 0.29) is 11.8 Å². The number of aryl methyl sites for hydroxylation is 1. The number of unbranched alkanes of at least 4 members (excludes halogenated alkanes) is 2. The van der Waals surface area contributed by atoms with E-state index in [1.807, 2.05) is 42.3 Å². The molecule has 0 spiro atoms. The first-order valence-corrected chi connectivity index (χ1v) is 11.7. The van der Waals surface area contributed by atoms with Gasteiger partial charge in [0, 0.05) is 39.1 Å². The summed E-state index contributed by atoms with van der Waals surface area (Å²) in [6, 6.07) is 8.09. The van der Waals surface area contributed by atoms with Crippen LogP contribution >= 0.6 is 24.0 Å². The smallest absolute Gasteiger partial charge is 0.266 e. The molecule has 30 heavy (non-hydrogen) atoms. The number of thioether (sulfide) groups is 1. The Labute approximate surface area is 188 Å². The number of carbonyl (C=O) groups excluding carboxylic acids is 2. The first kappa shape index (κ1) is 22.9. The second-order valence-electron chi connectivity index (χ2n) is 7.88. The molecule has 2 aliphatic heterocycles. The molecule has 2 saturated heterocycles. The van der Waals surface area contributed by atoms with Gasteiger partial charge < -0.3 is 4.90 Å². The Bertz CT molecular complexity index is 802. The molecule has 0 atom stereocenters. The minimum atomic E-state index is -0.0154.